The molecule has 2 nitrogen and oxygen atoms in total. The van der Waals surface area contributed by atoms with Gasteiger partial charge in [-0.2, -0.15) is 0 Å². The highest BCUT2D eigenvalue weighted by atomic mass is 16.1. The summed E-state index contributed by atoms with van der Waals surface area (Å²) in [5.74, 6) is 4.51. The van der Waals surface area contributed by atoms with Crippen LogP contribution in [0.2, 0.25) is 0 Å². The van der Waals surface area contributed by atoms with Gasteiger partial charge in [0.2, 0.25) is 5.91 Å². The van der Waals surface area contributed by atoms with Crippen molar-refractivity contribution in [3.8, 4) is 0 Å². The van der Waals surface area contributed by atoms with Gasteiger partial charge in [-0.1, -0.05) is 30.3 Å². The predicted octanol–water partition coefficient (Wildman–Crippen LogP) is 1.16. The summed E-state index contributed by atoms with van der Waals surface area (Å²) in [5.41, 5.74) is 7.70. The van der Waals surface area contributed by atoms with Crippen LogP contribution in [0.1, 0.15) is 5.56 Å². The second-order valence-electron chi connectivity index (χ2n) is 6.75. The zero-order valence-corrected chi connectivity index (χ0v) is 9.34. The first-order valence-corrected chi connectivity index (χ1v) is 6.64. The van der Waals surface area contributed by atoms with Crippen molar-refractivity contribution in [1.29, 1.82) is 0 Å². The molecule has 2 heteroatoms. The molecule has 0 radical (unpaired) electrons. The fourth-order valence-corrected chi connectivity index (χ4v) is 7.32. The van der Waals surface area contributed by atoms with Crippen LogP contribution in [0.3, 0.4) is 0 Å². The van der Waals surface area contributed by atoms with Crippen LogP contribution >= 0.6 is 0 Å². The van der Waals surface area contributed by atoms with Crippen molar-refractivity contribution < 1.29 is 4.79 Å². The Morgan fingerprint density at radius 3 is 1.94 bits per heavy atom. The molecule has 1 aromatic carbocycles. The van der Waals surface area contributed by atoms with Crippen LogP contribution in [-0.2, 0) is 10.2 Å². The smallest absolute Gasteiger partial charge is 0.224 e. The summed E-state index contributed by atoms with van der Waals surface area (Å²) >= 11 is 0. The van der Waals surface area contributed by atoms with Crippen LogP contribution < -0.4 is 5.73 Å². The second kappa shape index (κ2) is 1.75. The number of amides is 1. The summed E-state index contributed by atoms with van der Waals surface area (Å²) in [7, 11) is 0. The van der Waals surface area contributed by atoms with Crippen LogP contribution in [0, 0.1) is 40.9 Å². The fourth-order valence-electron chi connectivity index (χ4n) is 7.32. The van der Waals surface area contributed by atoms with Crippen molar-refractivity contribution in [2.45, 2.75) is 5.41 Å². The summed E-state index contributed by atoms with van der Waals surface area (Å²) in [4.78, 5) is 11.6. The van der Waals surface area contributed by atoms with Gasteiger partial charge in [-0.05, 0) is 41.1 Å². The van der Waals surface area contributed by atoms with Crippen LogP contribution in [-0.4, -0.2) is 5.91 Å². The van der Waals surface area contributed by atoms with Gasteiger partial charge in [0.05, 0.1) is 5.41 Å². The topological polar surface area (TPSA) is 43.1 Å². The van der Waals surface area contributed by atoms with E-state index in [-0.39, 0.29) is 11.3 Å². The maximum absolute atomic E-state index is 11.6. The minimum atomic E-state index is 0.0104. The molecule has 6 aliphatic carbocycles. The molecule has 0 aliphatic heterocycles. The first-order valence-electron chi connectivity index (χ1n) is 6.64. The number of nitrogens with two attached hydrogens (primary N) is 1. The van der Waals surface area contributed by atoms with Crippen molar-refractivity contribution in [2.24, 2.45) is 46.7 Å². The SMILES string of the molecule is NC(=O)C12C3C4C1C1C2C3C41c1ccccc1. The third kappa shape index (κ3) is 0.382. The maximum atomic E-state index is 11.6. The van der Waals surface area contributed by atoms with Crippen LogP contribution in [0.15, 0.2) is 30.3 Å². The Labute approximate surface area is 99.2 Å². The minimum Gasteiger partial charge on any atom is -0.369 e. The van der Waals surface area contributed by atoms with Gasteiger partial charge in [0.1, 0.15) is 0 Å². The average molecular weight is 223 g/mol. The Bertz CT molecular complexity index is 551. The number of benzene rings is 1. The van der Waals surface area contributed by atoms with Gasteiger partial charge in [-0.3, -0.25) is 4.79 Å². The van der Waals surface area contributed by atoms with Gasteiger partial charge >= 0.3 is 0 Å². The Kier molecular flexibility index (Phi) is 0.813. The van der Waals surface area contributed by atoms with E-state index in [4.69, 9.17) is 5.73 Å². The maximum Gasteiger partial charge on any atom is 0.224 e. The number of hydrogen-bond donors (Lipinski definition) is 1. The molecule has 0 spiro atoms. The lowest BCUT2D eigenvalue weighted by atomic mass is 8.91. The number of hydrogen-bond acceptors (Lipinski definition) is 1. The monoisotopic (exact) mass is 223 g/mol. The second-order valence-corrected chi connectivity index (χ2v) is 6.75. The van der Waals surface area contributed by atoms with Gasteiger partial charge < -0.3 is 5.73 Å². The van der Waals surface area contributed by atoms with E-state index in [1.165, 1.54) is 0 Å². The number of carbonyl (C=O) groups is 1. The van der Waals surface area contributed by atoms with Crippen molar-refractivity contribution >= 4 is 5.91 Å². The van der Waals surface area contributed by atoms with E-state index in [1.807, 2.05) is 0 Å². The predicted molar refractivity (Wildman–Crippen MR) is 60.7 cm³/mol. The molecule has 0 heterocycles. The number of rotatable bonds is 2. The van der Waals surface area contributed by atoms with Crippen LogP contribution in [0.5, 0.6) is 0 Å². The highest BCUT2D eigenvalue weighted by molar-refractivity contribution is 5.92. The lowest BCUT2D eigenvalue weighted by Crippen LogP contribution is -3.12. The standard InChI is InChI=1S/C15H13NO/c16-13(17)15-10-7-11(15)9-12(15)8(10)14(7,9)6-4-2-1-3-5-6/h1-5,7-12H,(H2,16,17). The van der Waals surface area contributed by atoms with E-state index < -0.39 is 0 Å². The molecule has 7 rings (SSSR count). The minimum absolute atomic E-state index is 0.0104. The van der Waals surface area contributed by atoms with Crippen molar-refractivity contribution in [2.75, 3.05) is 0 Å². The first kappa shape index (κ1) is 7.91. The number of primary amides is 1. The van der Waals surface area contributed by atoms with Crippen molar-refractivity contribution in [3.05, 3.63) is 35.9 Å². The van der Waals surface area contributed by atoms with E-state index >= 15 is 0 Å². The summed E-state index contributed by atoms with van der Waals surface area (Å²) in [6.07, 6.45) is 0. The highest BCUT2D eigenvalue weighted by Crippen LogP contribution is 3.09. The van der Waals surface area contributed by atoms with Gasteiger partial charge in [0.15, 0.2) is 0 Å². The molecule has 0 aromatic heterocycles. The third-order valence-electron chi connectivity index (χ3n) is 7.33. The van der Waals surface area contributed by atoms with Gasteiger partial charge in [0.25, 0.3) is 0 Å². The quantitative estimate of drug-likeness (QED) is 0.803. The zero-order chi connectivity index (χ0) is 11.2. The molecule has 0 unspecified atom stereocenters. The van der Waals surface area contributed by atoms with E-state index in [0.717, 1.165) is 17.8 Å². The molecule has 2 N–H and O–H groups in total. The number of carbonyl (C=O) groups excluding carboxylic acids is 1. The molecular weight excluding hydrogens is 210 g/mol. The van der Waals surface area contributed by atoms with Crippen LogP contribution in [0.25, 0.3) is 0 Å². The molecule has 84 valence electrons. The van der Waals surface area contributed by atoms with Crippen molar-refractivity contribution in [3.63, 3.8) is 0 Å². The first-order chi connectivity index (χ1) is 8.28. The summed E-state index contributed by atoms with van der Waals surface area (Å²) in [6.45, 7) is 0. The highest BCUT2D eigenvalue weighted by Gasteiger charge is 3.11. The summed E-state index contributed by atoms with van der Waals surface area (Å²) < 4.78 is 0. The van der Waals surface area contributed by atoms with Gasteiger partial charge in [-0.25, -0.2) is 0 Å². The van der Waals surface area contributed by atoms with E-state index in [2.05, 4.69) is 30.3 Å². The molecule has 6 saturated carbocycles. The van der Waals surface area contributed by atoms with E-state index in [1.54, 1.807) is 5.56 Å². The summed E-state index contributed by atoms with van der Waals surface area (Å²) in [6, 6.07) is 11.0. The Balaban J connectivity index is 1.50. The molecule has 6 aliphatic rings. The van der Waals surface area contributed by atoms with Crippen molar-refractivity contribution in [1.82, 2.24) is 0 Å². The normalized spacial score (nSPS) is 65.4. The molecule has 6 fully saturated rings. The van der Waals surface area contributed by atoms with Gasteiger partial charge in [0, 0.05) is 5.41 Å². The van der Waals surface area contributed by atoms with Gasteiger partial charge in [-0.15, -0.1) is 0 Å². The van der Waals surface area contributed by atoms with E-state index in [0.29, 0.717) is 23.2 Å². The molecule has 1 aromatic rings. The lowest BCUT2D eigenvalue weighted by molar-refractivity contribution is -0.610. The molecule has 0 atom stereocenters. The molecule has 1 amide bonds. The van der Waals surface area contributed by atoms with Crippen LogP contribution in [0.4, 0.5) is 0 Å². The molecular formula is C15H13NO. The lowest BCUT2D eigenvalue weighted by Gasteiger charge is -3.10. The summed E-state index contributed by atoms with van der Waals surface area (Å²) in [5, 5.41) is 0. The van der Waals surface area contributed by atoms with E-state index in [9.17, 15) is 4.79 Å². The average Bonchev–Trinajstić information content (AvgIpc) is 2.39. The zero-order valence-electron chi connectivity index (χ0n) is 9.34. The largest absolute Gasteiger partial charge is 0.369 e. The Hall–Kier alpha value is -1.31. The third-order valence-corrected chi connectivity index (χ3v) is 7.33. The Morgan fingerprint density at radius 1 is 0.941 bits per heavy atom. The molecule has 0 saturated heterocycles. The Morgan fingerprint density at radius 2 is 1.47 bits per heavy atom. The fraction of sp³-hybridized carbons (Fsp3) is 0.533. The molecule has 0 bridgehead atoms. The molecule has 17 heavy (non-hydrogen) atoms.